The van der Waals surface area contributed by atoms with Gasteiger partial charge >= 0.3 is 11.9 Å². The van der Waals surface area contributed by atoms with E-state index in [1.54, 1.807) is 32.0 Å². The Hall–Kier alpha value is -13.2. The van der Waals surface area contributed by atoms with Gasteiger partial charge in [0.05, 0.1) is 32.1 Å². The van der Waals surface area contributed by atoms with Crippen molar-refractivity contribution in [1.82, 2.24) is 74.4 Å². The molecule has 11 atom stereocenters. The lowest BCUT2D eigenvalue weighted by molar-refractivity contribution is -0.147. The Morgan fingerprint density at radius 1 is 0.336 bits per heavy atom. The number of guanidine groups is 1. The molecule has 0 radical (unpaired) electrons. The Balaban J connectivity index is 3.66. The first-order valence-corrected chi connectivity index (χ1v) is 35.0. The molecule has 48 nitrogen and oxygen atoms in total. The Morgan fingerprint density at radius 2 is 0.611 bits per heavy atom. The van der Waals surface area contributed by atoms with Crippen LogP contribution in [0.2, 0.25) is 0 Å². The lowest BCUT2D eigenvalue weighted by atomic mass is 10.0. The third kappa shape index (κ3) is 42.4. The van der Waals surface area contributed by atoms with E-state index in [1.807, 2.05) is 5.32 Å². The minimum Gasteiger partial charge on any atom is -0.481 e. The molecule has 35 N–H and O–H groups in total. The Morgan fingerprint density at radius 3 is 0.903 bits per heavy atom. The first-order chi connectivity index (χ1) is 52.9. The number of primary amides is 7. The Kier molecular flexibility index (Phi) is 44.3. The zero-order valence-corrected chi connectivity index (χ0v) is 61.9. The molecule has 48 heteroatoms. The summed E-state index contributed by atoms with van der Waals surface area (Å²) in [5, 5.41) is 57.4. The topological polar surface area (TPSA) is 842 Å². The van der Waals surface area contributed by atoms with Crippen LogP contribution in [0.1, 0.15) is 129 Å². The summed E-state index contributed by atoms with van der Waals surface area (Å²) in [6, 6.07) is -11.3. The van der Waals surface area contributed by atoms with Crippen molar-refractivity contribution in [1.29, 1.82) is 5.41 Å². The van der Waals surface area contributed by atoms with Crippen LogP contribution in [0, 0.1) is 11.3 Å². The SMILES string of the molecule is CC(C)[C@H](N)C(=O)N[C@@H](CCC(N)=O)C(=O)N[C@@H](CCC(N)=O)C(=O)N[C@@H](CCC(N)=O)C(=O)N[C@@H](CCC(N)=O)C(=O)N[C@@H](CCC(N)=O)C(=O)N[C@@H](CCC(N)=O)C(=O)N[C@@H](CCC(N)=O)C(=O)N[C@@H](Cc1ccccc1)C(=O)NCC(=O)NCC(=O)N[C@@H](CCCNC(=N)N)C(=O)NCC(=O)N[C@@H](CC(=O)O)C(=O)O. The van der Waals surface area contributed by atoms with Crippen LogP contribution in [-0.4, -0.2) is 239 Å². The molecule has 0 aromatic heterocycles. The number of rotatable bonds is 57. The highest BCUT2D eigenvalue weighted by Gasteiger charge is 2.37. The van der Waals surface area contributed by atoms with Gasteiger partial charge in [-0.2, -0.15) is 0 Å². The van der Waals surface area contributed by atoms with E-state index in [0.29, 0.717) is 5.56 Å². The Bertz CT molecular complexity index is 3620. The molecule has 1 aromatic rings. The van der Waals surface area contributed by atoms with Crippen LogP contribution in [0.4, 0.5) is 0 Å². The van der Waals surface area contributed by atoms with Gasteiger partial charge in [-0.25, -0.2) is 4.79 Å². The fourth-order valence-electron chi connectivity index (χ4n) is 9.91. The van der Waals surface area contributed by atoms with E-state index >= 15 is 0 Å². The lowest BCUT2D eigenvalue weighted by Crippen LogP contribution is -2.60. The maximum absolute atomic E-state index is 14.4. The second-order valence-electron chi connectivity index (χ2n) is 25.9. The molecule has 0 saturated heterocycles. The van der Waals surface area contributed by atoms with Crippen molar-refractivity contribution >= 4 is 136 Å². The molecule has 626 valence electrons. The molecular formula is C65H102N24O24. The second kappa shape index (κ2) is 51.2. The number of carbonyl (C=O) groups is 22. The number of hydrogen-bond donors (Lipinski definition) is 26. The standard InChI is InChI=1S/C65H102N24O24/c1-30(2)53(73)63(111)88-39(16-23-48(72)96)61(109)86-37(14-21-46(70)94)59(107)84-35(12-19-44(68)92)57(105)82-33(10-17-42(66)90)56(104)83-34(11-18-43(67)91)58(106)85-36(13-20-45(69)93)60(108)87-38(15-22-47(71)95)62(110)89-40(25-31-7-4-3-5-8-31)55(103)78-27-49(97)77-28-50(98)80-32(9-6-24-76-65(74)75)54(102)79-29-51(99)81-41(64(112)113)26-52(100)101/h3-5,7-8,30,32-41,53H,6,9-29,73H2,1-2H3,(H2,66,90)(H2,67,91)(H2,68,92)(H2,69,93)(H2,70,94)(H2,71,95)(H2,72,96)(H,77,97)(H,78,103)(H,79,102)(H,80,98)(H,81,99)(H,82,105)(H,83,104)(H,84,107)(H,85,106)(H,86,109)(H,87,108)(H,88,111)(H,89,110)(H,100,101)(H,112,113)(H4,74,75,76)/t32-,33-,34-,35-,36-,37-,38-,39-,40-,41-,53-/m0/s1. The van der Waals surface area contributed by atoms with Gasteiger partial charge in [0, 0.05) is 57.9 Å². The van der Waals surface area contributed by atoms with Crippen LogP contribution in [-0.2, 0) is 112 Å². The molecule has 0 heterocycles. The fourth-order valence-corrected chi connectivity index (χ4v) is 9.91. The summed E-state index contributed by atoms with van der Waals surface area (Å²) < 4.78 is 0. The van der Waals surface area contributed by atoms with E-state index in [2.05, 4.69) is 69.1 Å². The predicted molar refractivity (Wildman–Crippen MR) is 389 cm³/mol. The fraction of sp³-hybridized carbons (Fsp3) is 0.554. The molecular weight excluding hydrogens is 1500 g/mol. The molecule has 0 bridgehead atoms. The van der Waals surface area contributed by atoms with Crippen molar-refractivity contribution in [2.75, 3.05) is 26.2 Å². The minimum absolute atomic E-state index is 0.0107. The monoisotopic (exact) mass is 1600 g/mol. The van der Waals surface area contributed by atoms with Crippen LogP contribution < -0.4 is 126 Å². The zero-order valence-electron chi connectivity index (χ0n) is 61.9. The van der Waals surface area contributed by atoms with Gasteiger partial charge in [-0.1, -0.05) is 44.2 Å². The second-order valence-corrected chi connectivity index (χ2v) is 25.9. The number of carboxylic acids is 2. The number of nitrogens with one attached hydrogen (secondary N) is 15. The van der Waals surface area contributed by atoms with Crippen molar-refractivity contribution in [3.8, 4) is 0 Å². The molecule has 0 unspecified atom stereocenters. The third-order valence-electron chi connectivity index (χ3n) is 16.1. The first-order valence-electron chi connectivity index (χ1n) is 35.0. The van der Waals surface area contributed by atoms with Crippen molar-refractivity contribution in [2.45, 2.75) is 196 Å². The number of nitrogens with two attached hydrogens (primary N) is 9. The molecule has 0 aliphatic carbocycles. The highest BCUT2D eigenvalue weighted by atomic mass is 16.4. The van der Waals surface area contributed by atoms with Gasteiger partial charge in [0.1, 0.15) is 60.4 Å². The molecule has 0 fully saturated rings. The maximum Gasteiger partial charge on any atom is 0.326 e. The number of carbonyl (C=O) groups excluding carboxylic acids is 20. The first kappa shape index (κ1) is 97.8. The quantitative estimate of drug-likeness (QED) is 0.0164. The number of benzene rings is 1. The van der Waals surface area contributed by atoms with Crippen molar-refractivity contribution in [3.05, 3.63) is 35.9 Å². The van der Waals surface area contributed by atoms with Crippen LogP contribution in [0.25, 0.3) is 0 Å². The molecule has 1 rings (SSSR count). The van der Waals surface area contributed by atoms with Gasteiger partial charge in [-0.05, 0) is 69.3 Å². The van der Waals surface area contributed by atoms with E-state index in [9.17, 15) is 111 Å². The zero-order chi connectivity index (χ0) is 85.8. The van der Waals surface area contributed by atoms with E-state index in [-0.39, 0.29) is 25.8 Å². The maximum atomic E-state index is 14.4. The molecule has 113 heavy (non-hydrogen) atoms. The van der Waals surface area contributed by atoms with Crippen LogP contribution in [0.3, 0.4) is 0 Å². The van der Waals surface area contributed by atoms with E-state index in [0.717, 1.165) is 0 Å². The third-order valence-corrected chi connectivity index (χ3v) is 16.1. The van der Waals surface area contributed by atoms with Gasteiger partial charge in [0.2, 0.25) is 118 Å². The molecule has 1 aromatic carbocycles. The van der Waals surface area contributed by atoms with Gasteiger partial charge < -0.3 is 136 Å². The van der Waals surface area contributed by atoms with Crippen LogP contribution >= 0.6 is 0 Å². The van der Waals surface area contributed by atoms with E-state index in [4.69, 9.17) is 62.1 Å². The van der Waals surface area contributed by atoms with Gasteiger partial charge in [0.15, 0.2) is 5.96 Å². The molecule has 20 amide bonds. The number of amides is 20. The van der Waals surface area contributed by atoms with Crippen molar-refractivity contribution in [2.24, 2.45) is 57.5 Å². The minimum atomic E-state index is -1.97. The molecule has 0 saturated carbocycles. The predicted octanol–water partition coefficient (Wildman–Crippen LogP) is -12.9. The molecule has 0 aliphatic rings. The lowest BCUT2D eigenvalue weighted by Gasteiger charge is -2.28. The van der Waals surface area contributed by atoms with Crippen LogP contribution in [0.15, 0.2) is 30.3 Å². The summed E-state index contributed by atoms with van der Waals surface area (Å²) in [4.78, 5) is 286. The van der Waals surface area contributed by atoms with E-state index in [1.165, 1.54) is 12.1 Å². The van der Waals surface area contributed by atoms with Crippen LogP contribution in [0.5, 0.6) is 0 Å². The van der Waals surface area contributed by atoms with Gasteiger partial charge in [-0.15, -0.1) is 0 Å². The summed E-state index contributed by atoms with van der Waals surface area (Å²) in [7, 11) is 0. The largest absolute Gasteiger partial charge is 0.481 e. The summed E-state index contributed by atoms with van der Waals surface area (Å²) >= 11 is 0. The average molecular weight is 1600 g/mol. The summed E-state index contributed by atoms with van der Waals surface area (Å²) in [6.07, 6.45) is -10.3. The number of hydrogen-bond acceptors (Lipinski definition) is 24. The average Bonchev–Trinajstić information content (AvgIpc) is 0.852. The highest BCUT2D eigenvalue weighted by molar-refractivity contribution is 6.00. The highest BCUT2D eigenvalue weighted by Crippen LogP contribution is 2.13. The normalized spacial score (nSPS) is 13.7. The summed E-state index contributed by atoms with van der Waals surface area (Å²) in [5.41, 5.74) is 49.3. The number of aliphatic carboxylic acids is 2. The smallest absolute Gasteiger partial charge is 0.326 e. The van der Waals surface area contributed by atoms with Crippen molar-refractivity contribution < 1.29 is 116 Å². The molecule has 0 spiro atoms. The molecule has 0 aliphatic heterocycles. The Labute approximate surface area is 645 Å². The summed E-state index contributed by atoms with van der Waals surface area (Å²) in [6.45, 7) is 0.558. The summed E-state index contributed by atoms with van der Waals surface area (Å²) in [5.74, 6) is -26.3. The van der Waals surface area contributed by atoms with Crippen molar-refractivity contribution in [3.63, 3.8) is 0 Å². The van der Waals surface area contributed by atoms with Gasteiger partial charge in [-0.3, -0.25) is 106 Å². The van der Waals surface area contributed by atoms with E-state index < -0.39 is 324 Å². The van der Waals surface area contributed by atoms with Gasteiger partial charge in [0.25, 0.3) is 0 Å². The number of carboxylic acid groups (broad SMARTS) is 2.